The maximum atomic E-state index is 11.9. The first-order valence-corrected chi connectivity index (χ1v) is 9.85. The first-order chi connectivity index (χ1) is 13.0. The summed E-state index contributed by atoms with van der Waals surface area (Å²) in [6.45, 7) is 6.33. The van der Waals surface area contributed by atoms with Crippen molar-refractivity contribution in [1.82, 2.24) is 4.90 Å². The Labute approximate surface area is 161 Å². The largest absolute Gasteiger partial charge is 0.493 e. The third kappa shape index (κ3) is 4.22. The monoisotopic (exact) mass is 376 g/mol. The molecule has 1 aromatic rings. The van der Waals surface area contributed by atoms with Crippen molar-refractivity contribution >= 4 is 5.97 Å². The number of hydrogen-bond acceptors (Lipinski definition) is 6. The minimum atomic E-state index is -0.314. The normalized spacial score (nSPS) is 24.9. The highest BCUT2D eigenvalue weighted by Crippen LogP contribution is 2.44. The number of piperidine rings is 1. The Morgan fingerprint density at radius 1 is 1.26 bits per heavy atom. The Morgan fingerprint density at radius 2 is 1.96 bits per heavy atom. The SMILES string of the molecule is COc1cc2c(cc1OC)[C@H]1C[C@@H](OC(=O)CN)[C@H](CC(C)C)CN1CC2. The van der Waals surface area contributed by atoms with Gasteiger partial charge in [-0.15, -0.1) is 0 Å². The van der Waals surface area contributed by atoms with Crippen LogP contribution in [0.4, 0.5) is 0 Å². The lowest BCUT2D eigenvalue weighted by Gasteiger charge is -2.47. The molecular weight excluding hydrogens is 344 g/mol. The van der Waals surface area contributed by atoms with Crippen LogP contribution in [0.25, 0.3) is 0 Å². The van der Waals surface area contributed by atoms with Crippen molar-refractivity contribution in [2.45, 2.75) is 45.3 Å². The van der Waals surface area contributed by atoms with E-state index in [9.17, 15) is 4.79 Å². The maximum absolute atomic E-state index is 11.9. The molecule has 0 unspecified atom stereocenters. The molecule has 3 rings (SSSR count). The number of methoxy groups -OCH3 is 2. The predicted octanol–water partition coefficient (Wildman–Crippen LogP) is 2.54. The molecule has 0 aliphatic carbocycles. The van der Waals surface area contributed by atoms with E-state index in [-0.39, 0.29) is 24.7 Å². The van der Waals surface area contributed by atoms with Gasteiger partial charge in [-0.2, -0.15) is 0 Å². The summed E-state index contributed by atoms with van der Waals surface area (Å²) in [5, 5.41) is 0. The van der Waals surface area contributed by atoms with E-state index in [1.54, 1.807) is 14.2 Å². The van der Waals surface area contributed by atoms with Gasteiger partial charge in [0, 0.05) is 31.5 Å². The van der Waals surface area contributed by atoms with Crippen molar-refractivity contribution in [2.75, 3.05) is 33.9 Å². The molecule has 2 aliphatic rings. The number of carbonyl (C=O) groups excluding carboxylic acids is 1. The Bertz CT molecular complexity index is 676. The average Bonchev–Trinajstić information content (AvgIpc) is 2.66. The van der Waals surface area contributed by atoms with Gasteiger partial charge in [0.1, 0.15) is 6.10 Å². The summed E-state index contributed by atoms with van der Waals surface area (Å²) in [6.07, 6.45) is 2.74. The van der Waals surface area contributed by atoms with Gasteiger partial charge in [0.15, 0.2) is 11.5 Å². The van der Waals surface area contributed by atoms with Crippen LogP contribution in [0.2, 0.25) is 0 Å². The maximum Gasteiger partial charge on any atom is 0.319 e. The van der Waals surface area contributed by atoms with E-state index in [4.69, 9.17) is 19.9 Å². The van der Waals surface area contributed by atoms with E-state index in [2.05, 4.69) is 30.9 Å². The molecular formula is C21H32N2O4. The van der Waals surface area contributed by atoms with Crippen LogP contribution in [0, 0.1) is 11.8 Å². The molecule has 1 aromatic carbocycles. The quantitative estimate of drug-likeness (QED) is 0.769. The summed E-state index contributed by atoms with van der Waals surface area (Å²) in [5.41, 5.74) is 8.05. The highest BCUT2D eigenvalue weighted by Gasteiger charge is 2.41. The molecule has 2 heterocycles. The molecule has 0 saturated carbocycles. The third-order valence-electron chi connectivity index (χ3n) is 5.79. The standard InChI is InChI=1S/C21H32N2O4/c1-13(2)7-15-12-23-6-5-14-8-19(25-3)20(26-4)9-16(14)17(23)10-18(15)27-21(24)11-22/h8-9,13,15,17-18H,5-7,10-12,22H2,1-4H3/t15-,17-,18-/m1/s1. The van der Waals surface area contributed by atoms with Crippen molar-refractivity contribution in [3.63, 3.8) is 0 Å². The van der Waals surface area contributed by atoms with Crippen molar-refractivity contribution in [3.8, 4) is 11.5 Å². The summed E-state index contributed by atoms with van der Waals surface area (Å²) >= 11 is 0. The van der Waals surface area contributed by atoms with Crippen LogP contribution in [0.3, 0.4) is 0 Å². The van der Waals surface area contributed by atoms with Crippen molar-refractivity contribution in [1.29, 1.82) is 0 Å². The number of esters is 1. The third-order valence-corrected chi connectivity index (χ3v) is 5.79. The van der Waals surface area contributed by atoms with Crippen LogP contribution in [0.5, 0.6) is 11.5 Å². The molecule has 3 atom stereocenters. The number of nitrogens with two attached hydrogens (primary N) is 1. The van der Waals surface area contributed by atoms with Crippen LogP contribution < -0.4 is 15.2 Å². The highest BCUT2D eigenvalue weighted by atomic mass is 16.5. The zero-order valence-electron chi connectivity index (χ0n) is 16.9. The summed E-state index contributed by atoms with van der Waals surface area (Å²) in [4.78, 5) is 14.4. The predicted molar refractivity (Wildman–Crippen MR) is 104 cm³/mol. The number of hydrogen-bond donors (Lipinski definition) is 1. The smallest absolute Gasteiger partial charge is 0.319 e. The van der Waals surface area contributed by atoms with Crippen LogP contribution in [-0.4, -0.2) is 50.8 Å². The molecule has 0 radical (unpaired) electrons. The average molecular weight is 376 g/mol. The molecule has 0 amide bonds. The molecule has 1 fully saturated rings. The molecule has 2 aliphatic heterocycles. The number of ether oxygens (including phenoxy) is 3. The van der Waals surface area contributed by atoms with Gasteiger partial charge < -0.3 is 19.9 Å². The summed E-state index contributed by atoms with van der Waals surface area (Å²) in [6, 6.07) is 4.41. The van der Waals surface area contributed by atoms with Crippen LogP contribution in [0.15, 0.2) is 12.1 Å². The molecule has 0 spiro atoms. The molecule has 1 saturated heterocycles. The fourth-order valence-electron chi connectivity index (χ4n) is 4.60. The second-order valence-corrected chi connectivity index (χ2v) is 8.02. The van der Waals surface area contributed by atoms with E-state index in [1.807, 2.05) is 0 Å². The fraction of sp³-hybridized carbons (Fsp3) is 0.667. The zero-order valence-corrected chi connectivity index (χ0v) is 16.9. The molecule has 0 aromatic heterocycles. The van der Waals surface area contributed by atoms with Crippen LogP contribution in [-0.2, 0) is 16.0 Å². The number of nitrogens with zero attached hydrogens (tertiary/aromatic N) is 1. The van der Waals surface area contributed by atoms with Gasteiger partial charge in [-0.05, 0) is 42.0 Å². The van der Waals surface area contributed by atoms with Crippen molar-refractivity contribution < 1.29 is 19.0 Å². The number of carbonyl (C=O) groups is 1. The van der Waals surface area contributed by atoms with Gasteiger partial charge in [0.25, 0.3) is 0 Å². The van der Waals surface area contributed by atoms with Crippen LogP contribution >= 0.6 is 0 Å². The van der Waals surface area contributed by atoms with E-state index in [1.165, 1.54) is 11.1 Å². The number of fused-ring (bicyclic) bond motifs is 3. The van der Waals surface area contributed by atoms with Gasteiger partial charge in [-0.25, -0.2) is 0 Å². The zero-order chi connectivity index (χ0) is 19.6. The molecule has 6 nitrogen and oxygen atoms in total. The lowest BCUT2D eigenvalue weighted by molar-refractivity contribution is -0.155. The topological polar surface area (TPSA) is 74.0 Å². The lowest BCUT2D eigenvalue weighted by Crippen LogP contribution is -2.49. The molecule has 27 heavy (non-hydrogen) atoms. The molecule has 2 N–H and O–H groups in total. The Hall–Kier alpha value is -1.79. The second kappa shape index (κ2) is 8.48. The minimum Gasteiger partial charge on any atom is -0.493 e. The van der Waals surface area contributed by atoms with E-state index in [0.717, 1.165) is 43.9 Å². The summed E-state index contributed by atoms with van der Waals surface area (Å²) in [7, 11) is 3.33. The van der Waals surface area contributed by atoms with Gasteiger partial charge in [0.05, 0.1) is 20.8 Å². The fourth-order valence-corrected chi connectivity index (χ4v) is 4.60. The Kier molecular flexibility index (Phi) is 6.27. The molecule has 150 valence electrons. The lowest BCUT2D eigenvalue weighted by atomic mass is 9.79. The first-order valence-electron chi connectivity index (χ1n) is 9.85. The second-order valence-electron chi connectivity index (χ2n) is 8.02. The van der Waals surface area contributed by atoms with Gasteiger partial charge in [0.2, 0.25) is 0 Å². The minimum absolute atomic E-state index is 0.0686. The number of rotatable bonds is 6. The highest BCUT2D eigenvalue weighted by molar-refractivity contribution is 5.71. The Balaban J connectivity index is 1.90. The van der Waals surface area contributed by atoms with Gasteiger partial charge in [-0.3, -0.25) is 9.69 Å². The molecule has 6 heteroatoms. The van der Waals surface area contributed by atoms with E-state index in [0.29, 0.717) is 11.8 Å². The summed E-state index contributed by atoms with van der Waals surface area (Å²) in [5.74, 6) is 2.11. The van der Waals surface area contributed by atoms with Crippen molar-refractivity contribution in [2.24, 2.45) is 17.6 Å². The van der Waals surface area contributed by atoms with Crippen LogP contribution in [0.1, 0.15) is 43.9 Å². The van der Waals surface area contributed by atoms with E-state index >= 15 is 0 Å². The van der Waals surface area contributed by atoms with E-state index < -0.39 is 0 Å². The number of benzene rings is 1. The molecule has 0 bridgehead atoms. The summed E-state index contributed by atoms with van der Waals surface area (Å²) < 4.78 is 16.8. The van der Waals surface area contributed by atoms with Gasteiger partial charge in [-0.1, -0.05) is 13.8 Å². The van der Waals surface area contributed by atoms with Crippen molar-refractivity contribution in [3.05, 3.63) is 23.3 Å². The van der Waals surface area contributed by atoms with Gasteiger partial charge >= 0.3 is 5.97 Å². The first kappa shape index (κ1) is 20.0. The Morgan fingerprint density at radius 3 is 2.59 bits per heavy atom.